The van der Waals surface area contributed by atoms with Crippen LogP contribution in [-0.2, 0) is 0 Å². The highest BCUT2D eigenvalue weighted by Gasteiger charge is 2.21. The Bertz CT molecular complexity index is 720. The Morgan fingerprint density at radius 3 is 2.50 bits per heavy atom. The molecule has 0 aliphatic rings. The number of hydrogen-bond acceptors (Lipinski definition) is 5. The number of benzene rings is 1. The fourth-order valence-corrected chi connectivity index (χ4v) is 2.17. The number of nitrogens with one attached hydrogen (secondary N) is 1. The lowest BCUT2D eigenvalue weighted by atomic mass is 9.94. The van der Waals surface area contributed by atoms with Crippen molar-refractivity contribution in [2.75, 3.05) is 6.54 Å². The number of amides is 1. The van der Waals surface area contributed by atoms with Gasteiger partial charge in [0.2, 0.25) is 0 Å². The van der Waals surface area contributed by atoms with E-state index < -0.39 is 10.5 Å². The summed E-state index contributed by atoms with van der Waals surface area (Å²) in [5.41, 5.74) is 6.80. The number of carbonyl (C=O) groups excluding carboxylic acids is 1. The third-order valence-corrected chi connectivity index (χ3v) is 4.18. The molecule has 0 aliphatic heterocycles. The molecule has 8 heteroatoms. The van der Waals surface area contributed by atoms with E-state index >= 15 is 0 Å². The van der Waals surface area contributed by atoms with Crippen LogP contribution in [0.5, 0.6) is 0 Å². The van der Waals surface area contributed by atoms with Crippen molar-refractivity contribution in [3.63, 3.8) is 0 Å². The maximum absolute atomic E-state index is 12.2. The third-order valence-electron chi connectivity index (χ3n) is 4.18. The van der Waals surface area contributed by atoms with E-state index in [9.17, 15) is 14.9 Å². The van der Waals surface area contributed by atoms with Crippen molar-refractivity contribution < 1.29 is 9.72 Å². The second-order valence-electron chi connectivity index (χ2n) is 5.70. The minimum absolute atomic E-state index is 0.00212. The standard InChI is InChI=1S/C16H21N5O3/c1-3-16(17,4-2)11-18-15(22)12-9-19-20(10-12)13-5-7-14(8-6-13)21(23)24/h5-10H,3-4,11,17H2,1-2H3,(H,18,22). The number of nitrogens with zero attached hydrogens (tertiary/aromatic N) is 3. The Labute approximate surface area is 139 Å². The van der Waals surface area contributed by atoms with Gasteiger partial charge in [0.05, 0.1) is 22.4 Å². The van der Waals surface area contributed by atoms with Gasteiger partial charge in [-0.15, -0.1) is 0 Å². The molecule has 1 heterocycles. The summed E-state index contributed by atoms with van der Waals surface area (Å²) in [5.74, 6) is -0.250. The van der Waals surface area contributed by atoms with Crippen molar-refractivity contribution in [1.29, 1.82) is 0 Å². The second-order valence-corrected chi connectivity index (χ2v) is 5.70. The first-order valence-corrected chi connectivity index (χ1v) is 7.75. The van der Waals surface area contributed by atoms with Crippen LogP contribution in [0.4, 0.5) is 5.69 Å². The third kappa shape index (κ3) is 3.96. The molecule has 24 heavy (non-hydrogen) atoms. The summed E-state index contributed by atoms with van der Waals surface area (Å²) in [6, 6.07) is 5.93. The van der Waals surface area contributed by atoms with Crippen LogP contribution in [-0.4, -0.2) is 32.7 Å². The van der Waals surface area contributed by atoms with Crippen LogP contribution in [0.15, 0.2) is 36.7 Å². The molecule has 1 amide bonds. The van der Waals surface area contributed by atoms with E-state index in [1.165, 1.54) is 23.0 Å². The molecule has 0 radical (unpaired) electrons. The number of aromatic nitrogens is 2. The number of hydrogen-bond donors (Lipinski definition) is 2. The molecule has 0 atom stereocenters. The molecule has 128 valence electrons. The molecule has 8 nitrogen and oxygen atoms in total. The summed E-state index contributed by atoms with van der Waals surface area (Å²) in [4.78, 5) is 22.4. The quantitative estimate of drug-likeness (QED) is 0.595. The lowest BCUT2D eigenvalue weighted by molar-refractivity contribution is -0.384. The highest BCUT2D eigenvalue weighted by Crippen LogP contribution is 2.15. The van der Waals surface area contributed by atoms with Crippen molar-refractivity contribution in [3.8, 4) is 5.69 Å². The molecule has 0 bridgehead atoms. The Kier molecular flexibility index (Phi) is 5.30. The number of nitro groups is 1. The monoisotopic (exact) mass is 331 g/mol. The molecule has 3 N–H and O–H groups in total. The van der Waals surface area contributed by atoms with E-state index in [1.54, 1.807) is 18.3 Å². The minimum Gasteiger partial charge on any atom is -0.350 e. The Hall–Kier alpha value is -2.74. The van der Waals surface area contributed by atoms with Crippen molar-refractivity contribution >= 4 is 11.6 Å². The Morgan fingerprint density at radius 1 is 1.33 bits per heavy atom. The van der Waals surface area contributed by atoms with Gasteiger partial charge in [-0.3, -0.25) is 14.9 Å². The molecule has 0 saturated heterocycles. The maximum atomic E-state index is 12.2. The number of nitrogens with two attached hydrogens (primary N) is 1. The van der Waals surface area contributed by atoms with Crippen LogP contribution in [0.25, 0.3) is 5.69 Å². The molecule has 1 aromatic carbocycles. The highest BCUT2D eigenvalue weighted by atomic mass is 16.6. The van der Waals surface area contributed by atoms with Crippen LogP contribution in [0.3, 0.4) is 0 Å². The zero-order chi connectivity index (χ0) is 17.7. The van der Waals surface area contributed by atoms with Crippen LogP contribution < -0.4 is 11.1 Å². The normalized spacial score (nSPS) is 11.3. The number of nitro benzene ring substituents is 1. The van der Waals surface area contributed by atoms with Gasteiger partial charge >= 0.3 is 0 Å². The zero-order valence-electron chi connectivity index (χ0n) is 13.7. The minimum atomic E-state index is -0.466. The van der Waals surface area contributed by atoms with Crippen molar-refractivity contribution in [1.82, 2.24) is 15.1 Å². The fraction of sp³-hybridized carbons (Fsp3) is 0.375. The van der Waals surface area contributed by atoms with Gasteiger partial charge in [0.15, 0.2) is 0 Å². The van der Waals surface area contributed by atoms with E-state index in [0.717, 1.165) is 12.8 Å². The summed E-state index contributed by atoms with van der Waals surface area (Å²) in [7, 11) is 0. The van der Waals surface area contributed by atoms with Gasteiger partial charge in [-0.05, 0) is 25.0 Å². The number of carbonyl (C=O) groups is 1. The molecule has 0 spiro atoms. The van der Waals surface area contributed by atoms with E-state index in [4.69, 9.17) is 5.73 Å². The van der Waals surface area contributed by atoms with E-state index in [-0.39, 0.29) is 11.6 Å². The first kappa shape index (κ1) is 17.6. The Morgan fingerprint density at radius 2 is 1.96 bits per heavy atom. The Balaban J connectivity index is 2.07. The van der Waals surface area contributed by atoms with E-state index in [0.29, 0.717) is 17.8 Å². The summed E-state index contributed by atoms with van der Waals surface area (Å²) >= 11 is 0. The van der Waals surface area contributed by atoms with E-state index in [1.807, 2.05) is 13.8 Å². The summed E-state index contributed by atoms with van der Waals surface area (Å²) in [5, 5.41) is 17.6. The zero-order valence-corrected chi connectivity index (χ0v) is 13.7. The van der Waals surface area contributed by atoms with Gasteiger partial charge in [-0.1, -0.05) is 13.8 Å². The van der Waals surface area contributed by atoms with Crippen molar-refractivity contribution in [3.05, 3.63) is 52.3 Å². The first-order chi connectivity index (χ1) is 11.4. The van der Waals surface area contributed by atoms with Gasteiger partial charge in [-0.25, -0.2) is 4.68 Å². The first-order valence-electron chi connectivity index (χ1n) is 7.75. The molecular weight excluding hydrogens is 310 g/mol. The summed E-state index contributed by atoms with van der Waals surface area (Å²) < 4.78 is 1.49. The van der Waals surface area contributed by atoms with Gasteiger partial charge in [0.1, 0.15) is 0 Å². The van der Waals surface area contributed by atoms with Crippen LogP contribution >= 0.6 is 0 Å². The average molecular weight is 331 g/mol. The highest BCUT2D eigenvalue weighted by molar-refractivity contribution is 5.93. The number of rotatable bonds is 7. The smallest absolute Gasteiger partial charge is 0.269 e. The molecule has 2 aromatic rings. The molecule has 0 fully saturated rings. The lowest BCUT2D eigenvalue weighted by Gasteiger charge is -2.26. The van der Waals surface area contributed by atoms with Gasteiger partial charge < -0.3 is 11.1 Å². The van der Waals surface area contributed by atoms with Gasteiger partial charge in [-0.2, -0.15) is 5.10 Å². The molecule has 0 saturated carbocycles. The SMILES string of the molecule is CCC(N)(CC)CNC(=O)c1cnn(-c2ccc([N+](=O)[O-])cc2)c1. The lowest BCUT2D eigenvalue weighted by Crippen LogP contribution is -2.49. The largest absolute Gasteiger partial charge is 0.350 e. The maximum Gasteiger partial charge on any atom is 0.269 e. The predicted molar refractivity (Wildman–Crippen MR) is 90.1 cm³/mol. The molecule has 2 rings (SSSR count). The van der Waals surface area contributed by atoms with Crippen LogP contribution in [0, 0.1) is 10.1 Å². The van der Waals surface area contributed by atoms with Gasteiger partial charge in [0.25, 0.3) is 11.6 Å². The number of non-ortho nitro benzene ring substituents is 1. The molecular formula is C16H21N5O3. The van der Waals surface area contributed by atoms with Crippen molar-refractivity contribution in [2.45, 2.75) is 32.2 Å². The van der Waals surface area contributed by atoms with Gasteiger partial charge in [0, 0.05) is 30.4 Å². The molecule has 0 aliphatic carbocycles. The summed E-state index contributed by atoms with van der Waals surface area (Å²) in [6.07, 6.45) is 4.57. The summed E-state index contributed by atoms with van der Waals surface area (Å²) in [6.45, 7) is 4.37. The molecule has 1 aromatic heterocycles. The topological polar surface area (TPSA) is 116 Å². The fourth-order valence-electron chi connectivity index (χ4n) is 2.17. The molecule has 0 unspecified atom stereocenters. The average Bonchev–Trinajstić information content (AvgIpc) is 3.09. The second kappa shape index (κ2) is 7.22. The van der Waals surface area contributed by atoms with E-state index in [2.05, 4.69) is 10.4 Å². The van der Waals surface area contributed by atoms with Crippen LogP contribution in [0.2, 0.25) is 0 Å². The predicted octanol–water partition coefficient (Wildman–Crippen LogP) is 2.03. The van der Waals surface area contributed by atoms with Crippen LogP contribution in [0.1, 0.15) is 37.0 Å². The van der Waals surface area contributed by atoms with Crippen molar-refractivity contribution in [2.24, 2.45) is 5.73 Å².